The minimum atomic E-state index is -0.0694. The van der Waals surface area contributed by atoms with Gasteiger partial charge in [0.15, 0.2) is 6.17 Å². The van der Waals surface area contributed by atoms with Crippen LogP contribution in [-0.4, -0.2) is 19.1 Å². The van der Waals surface area contributed by atoms with Crippen molar-refractivity contribution in [1.29, 1.82) is 0 Å². The highest BCUT2D eigenvalue weighted by Gasteiger charge is 2.16. The van der Waals surface area contributed by atoms with E-state index in [1.54, 1.807) is 31.3 Å². The first-order valence-electron chi connectivity index (χ1n) is 4.93. The van der Waals surface area contributed by atoms with Crippen LogP contribution in [0.25, 0.3) is 0 Å². The molecule has 3 rings (SSSR count). The zero-order valence-corrected chi connectivity index (χ0v) is 8.47. The predicted octanol–water partition coefficient (Wildman–Crippen LogP) is 1.77. The highest BCUT2D eigenvalue weighted by Crippen LogP contribution is 2.20. The quantitative estimate of drug-likeness (QED) is 0.667. The van der Waals surface area contributed by atoms with Crippen LogP contribution in [-0.2, 0) is 0 Å². The molecular weight excluding hydrogens is 204 g/mol. The summed E-state index contributed by atoms with van der Waals surface area (Å²) in [5.41, 5.74) is 0. The summed E-state index contributed by atoms with van der Waals surface area (Å²) in [7, 11) is 0. The van der Waals surface area contributed by atoms with Gasteiger partial charge in [0.1, 0.15) is 5.76 Å². The van der Waals surface area contributed by atoms with Gasteiger partial charge in [-0.25, -0.2) is 9.97 Å². The Hall–Kier alpha value is -2.30. The van der Waals surface area contributed by atoms with Gasteiger partial charge in [-0.05, 0) is 12.1 Å². The van der Waals surface area contributed by atoms with Crippen molar-refractivity contribution in [3.8, 4) is 0 Å². The molecule has 0 aromatic carbocycles. The Bertz CT molecular complexity index is 443. The minimum Gasteiger partial charge on any atom is -0.465 e. The van der Waals surface area contributed by atoms with E-state index in [4.69, 9.17) is 4.42 Å². The molecule has 3 aromatic heterocycles. The van der Waals surface area contributed by atoms with E-state index in [-0.39, 0.29) is 6.17 Å². The molecule has 0 spiro atoms. The number of imidazole rings is 2. The second-order valence-corrected chi connectivity index (χ2v) is 3.41. The normalized spacial score (nSPS) is 11.1. The van der Waals surface area contributed by atoms with Crippen LogP contribution in [0, 0.1) is 0 Å². The van der Waals surface area contributed by atoms with Crippen molar-refractivity contribution < 1.29 is 4.42 Å². The summed E-state index contributed by atoms with van der Waals surface area (Å²) in [4.78, 5) is 8.10. The summed E-state index contributed by atoms with van der Waals surface area (Å²) in [6, 6.07) is 3.81. The van der Waals surface area contributed by atoms with Crippen LogP contribution in [0.1, 0.15) is 11.9 Å². The lowest BCUT2D eigenvalue weighted by Gasteiger charge is -2.17. The van der Waals surface area contributed by atoms with Crippen molar-refractivity contribution in [2.45, 2.75) is 6.17 Å². The number of nitrogens with zero attached hydrogens (tertiary/aromatic N) is 4. The molecule has 3 aromatic rings. The summed E-state index contributed by atoms with van der Waals surface area (Å²) in [6.07, 6.45) is 12.4. The molecular formula is C11H10N4O. The smallest absolute Gasteiger partial charge is 0.171 e. The molecule has 0 aliphatic carbocycles. The molecule has 0 amide bonds. The fourth-order valence-corrected chi connectivity index (χ4v) is 1.71. The third-order valence-corrected chi connectivity index (χ3v) is 2.41. The van der Waals surface area contributed by atoms with E-state index in [0.717, 1.165) is 5.76 Å². The van der Waals surface area contributed by atoms with Crippen molar-refractivity contribution >= 4 is 0 Å². The lowest BCUT2D eigenvalue weighted by atomic mass is 10.3. The fraction of sp³-hybridized carbons (Fsp3) is 0.0909. The van der Waals surface area contributed by atoms with Crippen molar-refractivity contribution in [3.05, 3.63) is 61.6 Å². The molecule has 0 bridgehead atoms. The highest BCUT2D eigenvalue weighted by atomic mass is 16.3. The van der Waals surface area contributed by atoms with Crippen LogP contribution in [0.3, 0.4) is 0 Å². The third kappa shape index (κ3) is 1.42. The summed E-state index contributed by atoms with van der Waals surface area (Å²) >= 11 is 0. The highest BCUT2D eigenvalue weighted by molar-refractivity contribution is 5.08. The van der Waals surface area contributed by atoms with Crippen molar-refractivity contribution in [2.24, 2.45) is 0 Å². The lowest BCUT2D eigenvalue weighted by molar-refractivity contribution is 0.389. The SMILES string of the molecule is c1coc(C(n2ccnc2)n2ccnc2)c1. The van der Waals surface area contributed by atoms with Crippen LogP contribution >= 0.6 is 0 Å². The summed E-state index contributed by atoms with van der Waals surface area (Å²) in [5, 5.41) is 0. The van der Waals surface area contributed by atoms with Gasteiger partial charge in [0, 0.05) is 24.8 Å². The van der Waals surface area contributed by atoms with Crippen LogP contribution in [0.15, 0.2) is 60.3 Å². The number of aromatic nitrogens is 4. The predicted molar refractivity (Wildman–Crippen MR) is 56.7 cm³/mol. The molecule has 0 N–H and O–H groups in total. The van der Waals surface area contributed by atoms with Gasteiger partial charge in [-0.1, -0.05) is 0 Å². The molecule has 80 valence electrons. The molecule has 3 heterocycles. The third-order valence-electron chi connectivity index (χ3n) is 2.41. The molecule has 0 fully saturated rings. The maximum absolute atomic E-state index is 5.45. The number of hydrogen-bond donors (Lipinski definition) is 0. The first-order chi connectivity index (χ1) is 7.95. The molecule has 0 aliphatic rings. The molecule has 0 aliphatic heterocycles. The first kappa shape index (κ1) is 8.96. The van der Waals surface area contributed by atoms with Gasteiger partial charge in [0.25, 0.3) is 0 Å². The molecule has 5 nitrogen and oxygen atoms in total. The van der Waals surface area contributed by atoms with Gasteiger partial charge in [0.05, 0.1) is 18.9 Å². The summed E-state index contributed by atoms with van der Waals surface area (Å²) in [5.74, 6) is 0.844. The second-order valence-electron chi connectivity index (χ2n) is 3.41. The Labute approximate surface area is 92.0 Å². The molecule has 16 heavy (non-hydrogen) atoms. The van der Waals surface area contributed by atoms with Gasteiger partial charge in [0.2, 0.25) is 0 Å². The Morgan fingerprint density at radius 1 is 1.06 bits per heavy atom. The Morgan fingerprint density at radius 3 is 2.19 bits per heavy atom. The van der Waals surface area contributed by atoms with Crippen molar-refractivity contribution in [2.75, 3.05) is 0 Å². The van der Waals surface area contributed by atoms with E-state index in [9.17, 15) is 0 Å². The van der Waals surface area contributed by atoms with E-state index >= 15 is 0 Å². The summed E-state index contributed by atoms with van der Waals surface area (Å²) < 4.78 is 9.36. The van der Waals surface area contributed by atoms with E-state index in [1.807, 2.05) is 33.7 Å². The maximum Gasteiger partial charge on any atom is 0.171 e. The minimum absolute atomic E-state index is 0.0694. The Balaban J connectivity index is 2.09. The first-order valence-corrected chi connectivity index (χ1v) is 4.93. The Kier molecular flexibility index (Phi) is 2.07. The zero-order chi connectivity index (χ0) is 10.8. The van der Waals surface area contributed by atoms with Gasteiger partial charge < -0.3 is 13.6 Å². The van der Waals surface area contributed by atoms with Gasteiger partial charge >= 0.3 is 0 Å². The fourth-order valence-electron chi connectivity index (χ4n) is 1.71. The van der Waals surface area contributed by atoms with E-state index in [2.05, 4.69) is 9.97 Å². The number of rotatable bonds is 3. The van der Waals surface area contributed by atoms with E-state index < -0.39 is 0 Å². The molecule has 0 atom stereocenters. The topological polar surface area (TPSA) is 48.8 Å². The monoisotopic (exact) mass is 214 g/mol. The summed E-state index contributed by atoms with van der Waals surface area (Å²) in [6.45, 7) is 0. The van der Waals surface area contributed by atoms with E-state index in [0.29, 0.717) is 0 Å². The van der Waals surface area contributed by atoms with Gasteiger partial charge in [-0.3, -0.25) is 0 Å². The van der Waals surface area contributed by atoms with Crippen LogP contribution in [0.2, 0.25) is 0 Å². The number of furan rings is 1. The molecule has 0 radical (unpaired) electrons. The molecule has 5 heteroatoms. The molecule has 0 saturated carbocycles. The van der Waals surface area contributed by atoms with Crippen LogP contribution < -0.4 is 0 Å². The average molecular weight is 214 g/mol. The average Bonchev–Trinajstić information content (AvgIpc) is 3.02. The molecule has 0 saturated heterocycles. The largest absolute Gasteiger partial charge is 0.465 e. The van der Waals surface area contributed by atoms with Gasteiger partial charge in [-0.2, -0.15) is 0 Å². The van der Waals surface area contributed by atoms with Crippen molar-refractivity contribution in [3.63, 3.8) is 0 Å². The van der Waals surface area contributed by atoms with Gasteiger partial charge in [-0.15, -0.1) is 0 Å². The Morgan fingerprint density at radius 2 is 1.75 bits per heavy atom. The van der Waals surface area contributed by atoms with E-state index in [1.165, 1.54) is 0 Å². The maximum atomic E-state index is 5.45. The van der Waals surface area contributed by atoms with Crippen molar-refractivity contribution in [1.82, 2.24) is 19.1 Å². The zero-order valence-electron chi connectivity index (χ0n) is 8.47. The molecule has 0 unspecified atom stereocenters. The number of hydrogen-bond acceptors (Lipinski definition) is 3. The standard InChI is InChI=1S/C11H10N4O/c1-2-10(16-7-1)11(14-5-3-12-8-14)15-6-4-13-9-15/h1-9,11H. The van der Waals surface area contributed by atoms with Crippen LogP contribution in [0.4, 0.5) is 0 Å². The van der Waals surface area contributed by atoms with Crippen LogP contribution in [0.5, 0.6) is 0 Å². The lowest BCUT2D eigenvalue weighted by Crippen LogP contribution is -2.16. The second kappa shape index (κ2) is 3.69.